The Hall–Kier alpha value is -2.91. The Labute approximate surface area is 150 Å². The van der Waals surface area contributed by atoms with Gasteiger partial charge in [-0.15, -0.1) is 0 Å². The zero-order valence-corrected chi connectivity index (χ0v) is 14.7. The van der Waals surface area contributed by atoms with Crippen molar-refractivity contribution in [2.24, 2.45) is 0 Å². The van der Waals surface area contributed by atoms with Gasteiger partial charge in [0.15, 0.2) is 12.2 Å². The number of benzene rings is 1. The Morgan fingerprint density at radius 3 is 2.58 bits per heavy atom. The summed E-state index contributed by atoms with van der Waals surface area (Å²) in [6.07, 6.45) is 2.83. The van der Waals surface area contributed by atoms with Gasteiger partial charge in [0.25, 0.3) is 0 Å². The first-order chi connectivity index (χ1) is 12.3. The molecular weight excluding hydrogens is 342 g/mol. The van der Waals surface area contributed by atoms with Crippen LogP contribution in [0.2, 0.25) is 0 Å². The van der Waals surface area contributed by atoms with E-state index in [9.17, 15) is 19.8 Å². The van der Waals surface area contributed by atoms with Gasteiger partial charge in [0, 0.05) is 18.8 Å². The molecule has 0 aliphatic carbocycles. The van der Waals surface area contributed by atoms with Crippen molar-refractivity contribution >= 4 is 17.5 Å². The van der Waals surface area contributed by atoms with E-state index in [4.69, 9.17) is 9.15 Å². The fourth-order valence-corrected chi connectivity index (χ4v) is 2.17. The van der Waals surface area contributed by atoms with Gasteiger partial charge in [0.2, 0.25) is 0 Å². The second-order valence-electron chi connectivity index (χ2n) is 5.95. The van der Waals surface area contributed by atoms with Crippen molar-refractivity contribution in [1.29, 1.82) is 0 Å². The molecule has 1 aromatic heterocycles. The van der Waals surface area contributed by atoms with Gasteiger partial charge in [-0.2, -0.15) is 0 Å². The lowest BCUT2D eigenvalue weighted by Gasteiger charge is -2.27. The Morgan fingerprint density at radius 2 is 2.04 bits per heavy atom. The van der Waals surface area contributed by atoms with E-state index in [0.717, 1.165) is 4.90 Å². The second-order valence-corrected chi connectivity index (χ2v) is 5.95. The summed E-state index contributed by atoms with van der Waals surface area (Å²) >= 11 is 0. The van der Waals surface area contributed by atoms with E-state index in [2.05, 4.69) is 10.3 Å². The topological polar surface area (TPSA) is 125 Å². The number of likely N-dealkylation sites (N-methyl/N-ethyl adjacent to an activating group) is 1. The van der Waals surface area contributed by atoms with Crippen LogP contribution in [-0.4, -0.2) is 59.9 Å². The van der Waals surface area contributed by atoms with Crippen LogP contribution in [0, 0.1) is 0 Å². The van der Waals surface area contributed by atoms with Gasteiger partial charge in [0.05, 0.1) is 37.6 Å². The molecule has 2 aromatic rings. The van der Waals surface area contributed by atoms with Crippen molar-refractivity contribution < 1.29 is 29.0 Å². The summed E-state index contributed by atoms with van der Waals surface area (Å²) in [7, 11) is 2.90. The maximum Gasteiger partial charge on any atom is 0.316 e. The van der Waals surface area contributed by atoms with Crippen LogP contribution in [0.1, 0.15) is 6.92 Å². The molecule has 0 radical (unpaired) electrons. The van der Waals surface area contributed by atoms with E-state index in [-0.39, 0.29) is 0 Å². The van der Waals surface area contributed by atoms with Crippen molar-refractivity contribution in [2.75, 3.05) is 32.3 Å². The van der Waals surface area contributed by atoms with Gasteiger partial charge in [-0.25, -0.2) is 4.98 Å². The predicted molar refractivity (Wildman–Crippen MR) is 92.6 cm³/mol. The third kappa shape index (κ3) is 4.01. The maximum atomic E-state index is 12.3. The van der Waals surface area contributed by atoms with Crippen LogP contribution < -0.4 is 15.0 Å². The number of anilines is 1. The van der Waals surface area contributed by atoms with Crippen LogP contribution in [0.3, 0.4) is 0 Å². The fourth-order valence-electron chi connectivity index (χ4n) is 2.17. The molecule has 0 unspecified atom stereocenters. The molecule has 1 heterocycles. The zero-order chi connectivity index (χ0) is 19.3. The number of methoxy groups -OCH3 is 1. The summed E-state index contributed by atoms with van der Waals surface area (Å²) in [5.74, 6) is -0.861. The number of hydrogen-bond donors (Lipinski definition) is 3. The summed E-state index contributed by atoms with van der Waals surface area (Å²) in [6, 6.07) is 4.89. The summed E-state index contributed by atoms with van der Waals surface area (Å²) in [4.78, 5) is 29.5. The van der Waals surface area contributed by atoms with Crippen molar-refractivity contribution in [1.82, 2.24) is 10.3 Å². The molecule has 0 fully saturated rings. The average molecular weight is 363 g/mol. The number of aliphatic hydroxyl groups is 2. The maximum absolute atomic E-state index is 12.3. The van der Waals surface area contributed by atoms with Crippen LogP contribution in [0.5, 0.6) is 5.75 Å². The highest BCUT2D eigenvalue weighted by Crippen LogP contribution is 2.33. The van der Waals surface area contributed by atoms with Gasteiger partial charge >= 0.3 is 11.8 Å². The quantitative estimate of drug-likeness (QED) is 0.625. The summed E-state index contributed by atoms with van der Waals surface area (Å²) < 4.78 is 10.6. The van der Waals surface area contributed by atoms with Crippen LogP contribution in [-0.2, 0) is 9.59 Å². The first-order valence-electron chi connectivity index (χ1n) is 7.74. The number of oxazole rings is 1. The second kappa shape index (κ2) is 7.98. The van der Waals surface area contributed by atoms with Gasteiger partial charge in [0.1, 0.15) is 5.75 Å². The van der Waals surface area contributed by atoms with Crippen molar-refractivity contribution in [3.63, 3.8) is 0 Å². The lowest BCUT2D eigenvalue weighted by Crippen LogP contribution is -2.55. The van der Waals surface area contributed by atoms with Crippen molar-refractivity contribution in [2.45, 2.75) is 12.5 Å². The molecular formula is C17H21N3O6. The molecule has 0 atom stereocenters. The summed E-state index contributed by atoms with van der Waals surface area (Å²) in [5, 5.41) is 20.8. The van der Waals surface area contributed by atoms with Crippen LogP contribution in [0.25, 0.3) is 11.3 Å². The number of ether oxygens (including phenoxy) is 1. The van der Waals surface area contributed by atoms with E-state index >= 15 is 0 Å². The minimum atomic E-state index is -1.29. The van der Waals surface area contributed by atoms with E-state index < -0.39 is 30.6 Å². The molecule has 0 saturated heterocycles. The number of rotatable bonds is 6. The number of carbonyl (C=O) groups excluding carboxylic acids is 2. The zero-order valence-electron chi connectivity index (χ0n) is 14.7. The van der Waals surface area contributed by atoms with Gasteiger partial charge < -0.3 is 29.6 Å². The third-order valence-corrected chi connectivity index (χ3v) is 3.88. The van der Waals surface area contributed by atoms with E-state index in [1.165, 1.54) is 33.7 Å². The SMILES string of the molecule is COc1cc(N(C)C(=O)C(=O)NC(C)(CO)CO)ccc1-c1cnco1. The number of nitrogens with zero attached hydrogens (tertiary/aromatic N) is 2. The van der Waals surface area contributed by atoms with Crippen LogP contribution in [0.4, 0.5) is 5.69 Å². The molecule has 0 aliphatic heterocycles. The molecule has 26 heavy (non-hydrogen) atoms. The van der Waals surface area contributed by atoms with Gasteiger partial charge in [-0.1, -0.05) is 0 Å². The summed E-state index contributed by atoms with van der Waals surface area (Å²) in [5.41, 5.74) is -0.228. The molecule has 140 valence electrons. The Balaban J connectivity index is 2.22. The normalized spacial score (nSPS) is 11.1. The molecule has 9 heteroatoms. The number of carbonyl (C=O) groups is 2. The lowest BCUT2D eigenvalue weighted by atomic mass is 10.1. The largest absolute Gasteiger partial charge is 0.496 e. The number of hydrogen-bond acceptors (Lipinski definition) is 7. The van der Waals surface area contributed by atoms with Crippen LogP contribution >= 0.6 is 0 Å². The highest BCUT2D eigenvalue weighted by molar-refractivity contribution is 6.40. The number of aromatic nitrogens is 1. The number of amides is 2. The lowest BCUT2D eigenvalue weighted by molar-refractivity contribution is -0.139. The van der Waals surface area contributed by atoms with E-state index in [0.29, 0.717) is 22.8 Å². The highest BCUT2D eigenvalue weighted by atomic mass is 16.5. The predicted octanol–water partition coefficient (Wildman–Crippen LogP) is 0.173. The Morgan fingerprint density at radius 1 is 1.35 bits per heavy atom. The molecule has 0 spiro atoms. The summed E-state index contributed by atoms with van der Waals surface area (Å²) in [6.45, 7) is 0.408. The van der Waals surface area contributed by atoms with Crippen LogP contribution in [0.15, 0.2) is 35.2 Å². The minimum absolute atomic E-state index is 0.417. The Kier molecular flexibility index (Phi) is 5.96. The number of nitrogens with one attached hydrogen (secondary N) is 1. The molecule has 2 amide bonds. The highest BCUT2D eigenvalue weighted by Gasteiger charge is 2.30. The average Bonchev–Trinajstić information content (AvgIpc) is 3.20. The number of aliphatic hydroxyl groups excluding tert-OH is 2. The standard InChI is InChI=1S/C17H21N3O6/c1-17(8-21,9-22)19-15(23)16(24)20(2)11-4-5-12(13(6-11)25-3)14-7-18-10-26-14/h4-7,10,21-22H,8-9H2,1-3H3,(H,19,23). The van der Waals surface area contributed by atoms with E-state index in [1.807, 2.05) is 0 Å². The van der Waals surface area contributed by atoms with Crippen molar-refractivity contribution in [3.05, 3.63) is 30.8 Å². The van der Waals surface area contributed by atoms with Gasteiger partial charge in [-0.05, 0) is 19.1 Å². The van der Waals surface area contributed by atoms with E-state index in [1.54, 1.807) is 18.2 Å². The molecule has 0 saturated carbocycles. The molecule has 0 aliphatic rings. The molecule has 9 nitrogen and oxygen atoms in total. The first-order valence-corrected chi connectivity index (χ1v) is 7.74. The monoisotopic (exact) mass is 363 g/mol. The van der Waals surface area contributed by atoms with Crippen molar-refractivity contribution in [3.8, 4) is 17.1 Å². The molecule has 0 bridgehead atoms. The Bertz CT molecular complexity index is 771. The third-order valence-electron chi connectivity index (χ3n) is 3.88. The molecule has 1 aromatic carbocycles. The fraction of sp³-hybridized carbons (Fsp3) is 0.353. The molecule has 2 rings (SSSR count). The minimum Gasteiger partial charge on any atom is -0.496 e. The smallest absolute Gasteiger partial charge is 0.316 e. The molecule has 3 N–H and O–H groups in total. The first kappa shape index (κ1) is 19.4. The van der Waals surface area contributed by atoms with Gasteiger partial charge in [-0.3, -0.25) is 9.59 Å².